The van der Waals surface area contributed by atoms with Gasteiger partial charge >= 0.3 is 6.03 Å². The number of nitrogens with zero attached hydrogens (tertiary/aromatic N) is 2. The second kappa shape index (κ2) is 16.5. The summed E-state index contributed by atoms with van der Waals surface area (Å²) in [5, 5.41) is 9.75. The van der Waals surface area contributed by atoms with E-state index in [2.05, 4.69) is 20.9 Å². The summed E-state index contributed by atoms with van der Waals surface area (Å²) in [4.78, 5) is 39.2. The number of amides is 4. The van der Waals surface area contributed by atoms with Crippen molar-refractivity contribution >= 4 is 53.2 Å². The van der Waals surface area contributed by atoms with E-state index in [1.54, 1.807) is 11.0 Å². The molecule has 0 aliphatic carbocycles. The van der Waals surface area contributed by atoms with E-state index in [4.69, 9.17) is 44.3 Å². The van der Waals surface area contributed by atoms with Crippen LogP contribution in [0.5, 0.6) is 0 Å². The highest BCUT2D eigenvalue weighted by molar-refractivity contribution is 6.36. The Hall–Kier alpha value is -2.60. The largest absolute Gasteiger partial charge is 0.377 e. The predicted molar refractivity (Wildman–Crippen MR) is 167 cm³/mol. The standard InChI is InChI=1S/C30H38Cl3N5O5/c1-37-17-24(23-14-21(31)15-26(32)25(23)18-37)22-5-4-20-16-38(29(40)27(20)28(22)33)9-11-43-13-12-42-10-8-36-30(41)35-7-3-2-6-34-19-39/h4-5,14-15,19,24H,2-3,6-13,16-18H2,1H3,(H,34,39)(H2,35,36,41). The van der Waals surface area contributed by atoms with Crippen LogP contribution in [0.4, 0.5) is 4.79 Å². The first-order valence-corrected chi connectivity index (χ1v) is 15.5. The Morgan fingerprint density at radius 3 is 2.51 bits per heavy atom. The Bertz CT molecular complexity index is 1300. The molecule has 13 heteroatoms. The molecule has 1 unspecified atom stereocenters. The van der Waals surface area contributed by atoms with E-state index < -0.39 is 0 Å². The van der Waals surface area contributed by atoms with Crippen LogP contribution < -0.4 is 16.0 Å². The number of unbranched alkanes of at least 4 members (excludes halogenated alkanes) is 1. The summed E-state index contributed by atoms with van der Waals surface area (Å²) in [5.41, 5.74) is 4.43. The van der Waals surface area contributed by atoms with Crippen LogP contribution >= 0.6 is 34.8 Å². The number of halogens is 3. The van der Waals surface area contributed by atoms with Crippen LogP contribution in [0.3, 0.4) is 0 Å². The zero-order valence-corrected chi connectivity index (χ0v) is 26.5. The second-order valence-corrected chi connectivity index (χ2v) is 11.8. The lowest BCUT2D eigenvalue weighted by molar-refractivity contribution is -0.109. The number of hydrogen-bond donors (Lipinski definition) is 3. The van der Waals surface area contributed by atoms with Gasteiger partial charge in [-0.3, -0.25) is 9.59 Å². The number of nitrogens with one attached hydrogen (secondary N) is 3. The van der Waals surface area contributed by atoms with Gasteiger partial charge in [0.25, 0.3) is 5.91 Å². The van der Waals surface area contributed by atoms with Crippen molar-refractivity contribution in [3.8, 4) is 0 Å². The lowest BCUT2D eigenvalue weighted by Crippen LogP contribution is -2.38. The summed E-state index contributed by atoms with van der Waals surface area (Å²) < 4.78 is 11.2. The molecule has 2 heterocycles. The molecule has 2 aliphatic rings. The van der Waals surface area contributed by atoms with Crippen LogP contribution in [0.2, 0.25) is 15.1 Å². The molecule has 2 aromatic carbocycles. The molecule has 2 aliphatic heterocycles. The van der Waals surface area contributed by atoms with E-state index in [-0.39, 0.29) is 17.9 Å². The molecular weight excluding hydrogens is 617 g/mol. The number of rotatable bonds is 16. The van der Waals surface area contributed by atoms with E-state index in [9.17, 15) is 14.4 Å². The first-order chi connectivity index (χ1) is 20.8. The molecule has 2 aromatic rings. The third kappa shape index (κ3) is 8.97. The topological polar surface area (TPSA) is 112 Å². The fraction of sp³-hybridized carbons (Fsp3) is 0.500. The maximum atomic E-state index is 13.3. The van der Waals surface area contributed by atoms with Crippen LogP contribution in [0.15, 0.2) is 24.3 Å². The minimum absolute atomic E-state index is 0.0554. The molecular formula is C30H38Cl3N5O5. The van der Waals surface area contributed by atoms with Gasteiger partial charge in [0.05, 0.1) is 37.0 Å². The number of carbonyl (C=O) groups excluding carboxylic acids is 3. The number of ether oxygens (including phenoxy) is 2. The average Bonchev–Trinajstić information content (AvgIpc) is 3.30. The fourth-order valence-corrected chi connectivity index (χ4v) is 6.37. The molecule has 1 atom stereocenters. The van der Waals surface area contributed by atoms with Crippen molar-refractivity contribution in [2.45, 2.75) is 31.8 Å². The van der Waals surface area contributed by atoms with E-state index in [1.807, 2.05) is 25.2 Å². The van der Waals surface area contributed by atoms with Crippen molar-refractivity contribution in [1.29, 1.82) is 0 Å². The molecule has 0 saturated heterocycles. The number of urea groups is 1. The molecule has 0 aromatic heterocycles. The Morgan fingerprint density at radius 1 is 0.977 bits per heavy atom. The Kier molecular flexibility index (Phi) is 12.8. The normalized spacial score (nSPS) is 16.1. The highest BCUT2D eigenvalue weighted by Gasteiger charge is 2.34. The Labute approximate surface area is 267 Å². The van der Waals surface area contributed by atoms with Crippen molar-refractivity contribution in [1.82, 2.24) is 25.8 Å². The molecule has 0 fully saturated rings. The van der Waals surface area contributed by atoms with Crippen LogP contribution in [-0.2, 0) is 27.4 Å². The maximum Gasteiger partial charge on any atom is 0.314 e. The van der Waals surface area contributed by atoms with Gasteiger partial charge in [0.1, 0.15) is 0 Å². The van der Waals surface area contributed by atoms with Gasteiger partial charge in [0.15, 0.2) is 0 Å². The molecule has 43 heavy (non-hydrogen) atoms. The van der Waals surface area contributed by atoms with Gasteiger partial charge in [-0.05, 0) is 54.3 Å². The summed E-state index contributed by atoms with van der Waals surface area (Å²) >= 11 is 19.8. The first-order valence-electron chi connectivity index (χ1n) is 14.4. The highest BCUT2D eigenvalue weighted by Crippen LogP contribution is 2.43. The molecule has 10 nitrogen and oxygen atoms in total. The summed E-state index contributed by atoms with van der Waals surface area (Å²) in [6.45, 7) is 5.38. The Balaban J connectivity index is 1.17. The first kappa shape index (κ1) is 33.3. The number of fused-ring (bicyclic) bond motifs is 2. The number of hydrogen-bond acceptors (Lipinski definition) is 6. The van der Waals surface area contributed by atoms with Gasteiger partial charge < -0.3 is 35.2 Å². The second-order valence-electron chi connectivity index (χ2n) is 10.6. The molecule has 0 spiro atoms. The van der Waals surface area contributed by atoms with Crippen molar-refractivity contribution in [3.05, 3.63) is 67.2 Å². The minimum atomic E-state index is -0.253. The zero-order chi connectivity index (χ0) is 30.8. The molecule has 4 amide bonds. The molecule has 4 rings (SSSR count). The zero-order valence-electron chi connectivity index (χ0n) is 24.2. The summed E-state index contributed by atoms with van der Waals surface area (Å²) in [6.07, 6.45) is 2.24. The molecule has 234 valence electrons. The lowest BCUT2D eigenvalue weighted by atomic mass is 9.83. The van der Waals surface area contributed by atoms with Crippen molar-refractivity contribution in [2.24, 2.45) is 0 Å². The average molecular weight is 655 g/mol. The van der Waals surface area contributed by atoms with Gasteiger partial charge in [-0.25, -0.2) is 4.79 Å². The smallest absolute Gasteiger partial charge is 0.314 e. The van der Waals surface area contributed by atoms with E-state index in [0.29, 0.717) is 86.2 Å². The van der Waals surface area contributed by atoms with Gasteiger partial charge in [0.2, 0.25) is 6.41 Å². The van der Waals surface area contributed by atoms with Crippen molar-refractivity contribution in [2.75, 3.05) is 66.2 Å². The van der Waals surface area contributed by atoms with E-state index in [1.165, 1.54) is 0 Å². The molecule has 3 N–H and O–H groups in total. The quantitative estimate of drug-likeness (QED) is 0.186. The predicted octanol–water partition coefficient (Wildman–Crippen LogP) is 4.04. The van der Waals surface area contributed by atoms with Crippen molar-refractivity contribution < 1.29 is 23.9 Å². The van der Waals surface area contributed by atoms with Crippen molar-refractivity contribution in [3.63, 3.8) is 0 Å². The number of benzene rings is 2. The van der Waals surface area contributed by atoms with Crippen LogP contribution in [0.1, 0.15) is 51.4 Å². The van der Waals surface area contributed by atoms with E-state index >= 15 is 0 Å². The van der Waals surface area contributed by atoms with Crippen LogP contribution in [0, 0.1) is 0 Å². The SMILES string of the molecule is CN1Cc2c(Cl)cc(Cl)cc2C(c2ccc3c(c2Cl)C(=O)N(CCOCCOCCNC(=O)NCCCCNC=O)C3)C1. The molecule has 0 radical (unpaired) electrons. The van der Waals surface area contributed by atoms with Gasteiger partial charge in [0, 0.05) is 61.8 Å². The Morgan fingerprint density at radius 2 is 1.72 bits per heavy atom. The summed E-state index contributed by atoms with van der Waals surface area (Å²) in [6, 6.07) is 7.47. The van der Waals surface area contributed by atoms with Gasteiger partial charge in [-0.15, -0.1) is 0 Å². The number of carbonyl (C=O) groups is 3. The minimum Gasteiger partial charge on any atom is -0.377 e. The molecule has 0 bridgehead atoms. The lowest BCUT2D eigenvalue weighted by Gasteiger charge is -2.34. The maximum absolute atomic E-state index is 13.3. The summed E-state index contributed by atoms with van der Waals surface area (Å²) in [5.74, 6) is -0.155. The van der Waals surface area contributed by atoms with Gasteiger partial charge in [-0.1, -0.05) is 46.9 Å². The summed E-state index contributed by atoms with van der Waals surface area (Å²) in [7, 11) is 2.04. The number of likely N-dealkylation sites (N-methyl/N-ethyl adjacent to an activating group) is 1. The van der Waals surface area contributed by atoms with Crippen LogP contribution in [-0.4, -0.2) is 94.3 Å². The monoisotopic (exact) mass is 653 g/mol. The third-order valence-corrected chi connectivity index (χ3v) is 8.48. The van der Waals surface area contributed by atoms with Crippen LogP contribution in [0.25, 0.3) is 0 Å². The fourth-order valence-electron chi connectivity index (χ4n) is 5.40. The van der Waals surface area contributed by atoms with Gasteiger partial charge in [-0.2, -0.15) is 0 Å². The molecule has 0 saturated carbocycles. The highest BCUT2D eigenvalue weighted by atomic mass is 35.5. The third-order valence-electron chi connectivity index (χ3n) is 7.51. The van der Waals surface area contributed by atoms with E-state index in [0.717, 1.165) is 48.2 Å².